The van der Waals surface area contributed by atoms with Crippen molar-refractivity contribution in [3.63, 3.8) is 0 Å². The van der Waals surface area contributed by atoms with Crippen LogP contribution < -0.4 is 16.3 Å². The number of rotatable bonds is 9. The summed E-state index contributed by atoms with van der Waals surface area (Å²) in [5, 5.41) is 5.50. The predicted molar refractivity (Wildman–Crippen MR) is 94.5 cm³/mol. The van der Waals surface area contributed by atoms with E-state index in [-0.39, 0.29) is 30.5 Å². The Morgan fingerprint density at radius 2 is 1.96 bits per heavy atom. The van der Waals surface area contributed by atoms with Crippen LogP contribution in [0.25, 0.3) is 11.0 Å². The zero-order valence-corrected chi connectivity index (χ0v) is 14.3. The van der Waals surface area contributed by atoms with E-state index in [1.165, 1.54) is 0 Å². The Morgan fingerprint density at radius 1 is 1.20 bits per heavy atom. The number of aromatic amines is 2. The van der Waals surface area contributed by atoms with E-state index in [0.717, 1.165) is 0 Å². The molecule has 2 amide bonds. The lowest BCUT2D eigenvalue weighted by Gasteiger charge is -2.16. The van der Waals surface area contributed by atoms with Crippen LogP contribution in [0.4, 0.5) is 5.69 Å². The molecule has 2 aromatic rings. The molecule has 0 saturated carbocycles. The zero-order valence-electron chi connectivity index (χ0n) is 14.3. The van der Waals surface area contributed by atoms with Crippen LogP contribution in [-0.4, -0.2) is 67.1 Å². The highest BCUT2D eigenvalue weighted by molar-refractivity contribution is 5.93. The average molecular weight is 349 g/mol. The van der Waals surface area contributed by atoms with Gasteiger partial charge in [-0.2, -0.15) is 0 Å². The number of carbonyl (C=O) groups is 2. The number of aromatic nitrogens is 2. The van der Waals surface area contributed by atoms with Crippen LogP contribution in [0.15, 0.2) is 23.0 Å². The molecule has 0 aliphatic rings. The molecule has 0 bridgehead atoms. The van der Waals surface area contributed by atoms with Crippen LogP contribution in [0, 0.1) is 0 Å². The number of benzene rings is 1. The molecule has 0 aliphatic heterocycles. The van der Waals surface area contributed by atoms with E-state index in [9.17, 15) is 14.4 Å². The van der Waals surface area contributed by atoms with Gasteiger partial charge in [0, 0.05) is 32.3 Å². The quantitative estimate of drug-likeness (QED) is 0.471. The molecule has 0 atom stereocenters. The fourth-order valence-corrected chi connectivity index (χ4v) is 2.30. The van der Waals surface area contributed by atoms with Gasteiger partial charge in [-0.3, -0.25) is 14.5 Å². The van der Waals surface area contributed by atoms with Gasteiger partial charge in [0.1, 0.15) is 0 Å². The molecular formula is C16H23N5O4. The lowest BCUT2D eigenvalue weighted by molar-refractivity contribution is -0.123. The number of carbonyl (C=O) groups excluding carboxylic acids is 2. The molecule has 0 radical (unpaired) electrons. The van der Waals surface area contributed by atoms with Crippen molar-refractivity contribution < 1.29 is 14.3 Å². The minimum absolute atomic E-state index is 0.109. The predicted octanol–water partition coefficient (Wildman–Crippen LogP) is -0.121. The van der Waals surface area contributed by atoms with Gasteiger partial charge in [-0.05, 0) is 25.2 Å². The number of anilines is 1. The van der Waals surface area contributed by atoms with Gasteiger partial charge in [0.2, 0.25) is 11.8 Å². The highest BCUT2D eigenvalue weighted by Gasteiger charge is 2.09. The van der Waals surface area contributed by atoms with Gasteiger partial charge in [-0.25, -0.2) is 4.79 Å². The number of hydrogen-bond acceptors (Lipinski definition) is 5. The Morgan fingerprint density at radius 3 is 2.72 bits per heavy atom. The molecule has 25 heavy (non-hydrogen) atoms. The Labute approximate surface area is 144 Å². The standard InChI is InChI=1S/C16H23N5O4/c1-21(10-15(23)17-6-8-25-2)7-5-14(22)18-11-3-4-12-13(9-11)20-16(24)19-12/h3-4,9H,5-8,10H2,1-2H3,(H,17,23)(H,18,22)(H2,19,20,24). The van der Waals surface area contributed by atoms with Crippen LogP contribution in [0.1, 0.15) is 6.42 Å². The largest absolute Gasteiger partial charge is 0.383 e. The van der Waals surface area contributed by atoms with Gasteiger partial charge < -0.3 is 25.3 Å². The second-order valence-electron chi connectivity index (χ2n) is 5.72. The highest BCUT2D eigenvalue weighted by atomic mass is 16.5. The van der Waals surface area contributed by atoms with Gasteiger partial charge in [0.05, 0.1) is 24.2 Å². The molecule has 0 unspecified atom stereocenters. The fourth-order valence-electron chi connectivity index (χ4n) is 2.30. The highest BCUT2D eigenvalue weighted by Crippen LogP contribution is 2.14. The number of hydrogen-bond donors (Lipinski definition) is 4. The van der Waals surface area contributed by atoms with Crippen molar-refractivity contribution in [3.8, 4) is 0 Å². The lowest BCUT2D eigenvalue weighted by atomic mass is 10.2. The van der Waals surface area contributed by atoms with E-state index in [1.807, 2.05) is 0 Å². The van der Waals surface area contributed by atoms with Crippen LogP contribution in [0.3, 0.4) is 0 Å². The minimum Gasteiger partial charge on any atom is -0.383 e. The van der Waals surface area contributed by atoms with Crippen LogP contribution >= 0.6 is 0 Å². The van der Waals surface area contributed by atoms with E-state index in [4.69, 9.17) is 4.74 Å². The first-order valence-electron chi connectivity index (χ1n) is 7.94. The first kappa shape index (κ1) is 18.7. The molecule has 0 saturated heterocycles. The summed E-state index contributed by atoms with van der Waals surface area (Å²) in [5.41, 5.74) is 1.63. The number of methoxy groups -OCH3 is 1. The second-order valence-corrected chi connectivity index (χ2v) is 5.72. The maximum Gasteiger partial charge on any atom is 0.323 e. The molecule has 0 spiro atoms. The monoisotopic (exact) mass is 349 g/mol. The number of likely N-dealkylation sites (N-methyl/N-ethyl adjacent to an activating group) is 1. The molecule has 1 aromatic heterocycles. The number of nitrogens with one attached hydrogen (secondary N) is 4. The molecule has 9 heteroatoms. The third-order valence-electron chi connectivity index (χ3n) is 3.56. The summed E-state index contributed by atoms with van der Waals surface area (Å²) in [6.45, 7) is 1.60. The topological polar surface area (TPSA) is 119 Å². The van der Waals surface area contributed by atoms with E-state index in [2.05, 4.69) is 20.6 Å². The molecule has 1 aromatic carbocycles. The number of H-pyrrole nitrogens is 2. The number of fused-ring (bicyclic) bond motifs is 1. The second kappa shape index (κ2) is 9.00. The zero-order chi connectivity index (χ0) is 18.2. The summed E-state index contributed by atoms with van der Waals surface area (Å²) in [6.07, 6.45) is 0.254. The van der Waals surface area contributed by atoms with Crippen molar-refractivity contribution in [3.05, 3.63) is 28.7 Å². The van der Waals surface area contributed by atoms with Gasteiger partial charge in [-0.15, -0.1) is 0 Å². The summed E-state index contributed by atoms with van der Waals surface area (Å²) >= 11 is 0. The summed E-state index contributed by atoms with van der Waals surface area (Å²) in [7, 11) is 3.35. The Balaban J connectivity index is 1.75. The molecule has 0 aliphatic carbocycles. The third kappa shape index (κ3) is 6.05. The van der Waals surface area contributed by atoms with Gasteiger partial charge >= 0.3 is 5.69 Å². The first-order chi connectivity index (χ1) is 12.0. The summed E-state index contributed by atoms with van der Waals surface area (Å²) in [6, 6.07) is 5.13. The van der Waals surface area contributed by atoms with E-state index < -0.39 is 0 Å². The van der Waals surface area contributed by atoms with Crippen molar-refractivity contribution in [2.75, 3.05) is 45.7 Å². The van der Waals surface area contributed by atoms with Crippen molar-refractivity contribution in [2.45, 2.75) is 6.42 Å². The summed E-state index contributed by atoms with van der Waals surface area (Å²) in [5.74, 6) is -0.273. The molecule has 9 nitrogen and oxygen atoms in total. The van der Waals surface area contributed by atoms with Crippen LogP contribution in [0.5, 0.6) is 0 Å². The Bertz CT molecular complexity index is 782. The minimum atomic E-state index is -0.288. The summed E-state index contributed by atoms with van der Waals surface area (Å²) < 4.78 is 4.86. The number of amides is 2. The number of ether oxygens (including phenoxy) is 1. The van der Waals surface area contributed by atoms with Crippen LogP contribution in [0.2, 0.25) is 0 Å². The maximum atomic E-state index is 12.0. The van der Waals surface area contributed by atoms with Crippen molar-refractivity contribution in [1.29, 1.82) is 0 Å². The lowest BCUT2D eigenvalue weighted by Crippen LogP contribution is -2.37. The normalized spacial score (nSPS) is 11.0. The SMILES string of the molecule is COCCNC(=O)CN(C)CCC(=O)Nc1ccc2[nH]c(=O)[nH]c2c1. The third-order valence-corrected chi connectivity index (χ3v) is 3.56. The smallest absolute Gasteiger partial charge is 0.323 e. The Hall–Kier alpha value is -2.65. The number of nitrogens with zero attached hydrogens (tertiary/aromatic N) is 1. The van der Waals surface area contributed by atoms with Crippen molar-refractivity contribution in [1.82, 2.24) is 20.2 Å². The van der Waals surface area contributed by atoms with Crippen molar-refractivity contribution >= 4 is 28.5 Å². The molecule has 0 fully saturated rings. The maximum absolute atomic E-state index is 12.0. The summed E-state index contributed by atoms with van der Waals surface area (Å²) in [4.78, 5) is 41.9. The molecule has 2 rings (SSSR count). The molecular weight excluding hydrogens is 326 g/mol. The van der Waals surface area contributed by atoms with Gasteiger partial charge in [0.25, 0.3) is 0 Å². The molecule has 4 N–H and O–H groups in total. The van der Waals surface area contributed by atoms with E-state index in [0.29, 0.717) is 36.4 Å². The Kier molecular flexibility index (Phi) is 6.72. The molecule has 1 heterocycles. The van der Waals surface area contributed by atoms with E-state index >= 15 is 0 Å². The first-order valence-corrected chi connectivity index (χ1v) is 7.94. The van der Waals surface area contributed by atoms with Crippen LogP contribution in [-0.2, 0) is 14.3 Å². The fraction of sp³-hybridized carbons (Fsp3) is 0.438. The molecule has 136 valence electrons. The van der Waals surface area contributed by atoms with E-state index in [1.54, 1.807) is 37.3 Å². The van der Waals surface area contributed by atoms with Crippen molar-refractivity contribution in [2.24, 2.45) is 0 Å². The van der Waals surface area contributed by atoms with Gasteiger partial charge in [0.15, 0.2) is 0 Å². The number of imidazole rings is 1. The van der Waals surface area contributed by atoms with Gasteiger partial charge in [-0.1, -0.05) is 0 Å². The average Bonchev–Trinajstić information content (AvgIpc) is 2.92.